The van der Waals surface area contributed by atoms with Crippen molar-refractivity contribution in [1.82, 2.24) is 4.90 Å². The van der Waals surface area contributed by atoms with Crippen LogP contribution in [-0.4, -0.2) is 38.3 Å². The maximum absolute atomic E-state index is 5.46. The summed E-state index contributed by atoms with van der Waals surface area (Å²) >= 11 is 0. The fourth-order valence-corrected chi connectivity index (χ4v) is 1.69. The predicted octanol–water partition coefficient (Wildman–Crippen LogP) is 3.03. The van der Waals surface area contributed by atoms with E-state index in [9.17, 15) is 0 Å². The lowest BCUT2D eigenvalue weighted by Gasteiger charge is -2.26. The summed E-state index contributed by atoms with van der Waals surface area (Å²) in [5.41, 5.74) is 0.373. The summed E-state index contributed by atoms with van der Waals surface area (Å²) < 4.78 is 5.46. The highest BCUT2D eigenvalue weighted by atomic mass is 16.5. The van der Waals surface area contributed by atoms with Gasteiger partial charge in [-0.25, -0.2) is 0 Å². The van der Waals surface area contributed by atoms with E-state index in [2.05, 4.69) is 58.4 Å². The molecule has 0 aromatic carbocycles. The fraction of sp³-hybridized carbons (Fsp3) is 0.867. The molecule has 0 fully saturated rings. The lowest BCUT2D eigenvalue weighted by molar-refractivity contribution is 0.144. The van der Waals surface area contributed by atoms with Crippen molar-refractivity contribution in [3.8, 4) is 11.8 Å². The molecule has 0 saturated carbocycles. The first kappa shape index (κ1) is 16.5. The minimum absolute atomic E-state index is 0.373. The molecule has 0 saturated heterocycles. The van der Waals surface area contributed by atoms with Crippen LogP contribution in [0.4, 0.5) is 0 Å². The largest absolute Gasteiger partial charge is 0.369 e. The molecule has 0 aliphatic heterocycles. The van der Waals surface area contributed by atoms with E-state index in [1.54, 1.807) is 0 Å². The van der Waals surface area contributed by atoms with E-state index in [0.717, 1.165) is 26.1 Å². The maximum Gasteiger partial charge on any atom is 0.107 e. The van der Waals surface area contributed by atoms with Crippen molar-refractivity contribution in [3.05, 3.63) is 0 Å². The van der Waals surface area contributed by atoms with E-state index in [0.29, 0.717) is 17.9 Å². The minimum atomic E-state index is 0.373. The average Bonchev–Trinajstić information content (AvgIpc) is 2.12. The zero-order valence-electron chi connectivity index (χ0n) is 12.5. The van der Waals surface area contributed by atoms with Gasteiger partial charge < -0.3 is 9.64 Å². The highest BCUT2D eigenvalue weighted by Gasteiger charge is 2.12. The highest BCUT2D eigenvalue weighted by molar-refractivity contribution is 5.01. The summed E-state index contributed by atoms with van der Waals surface area (Å²) in [6.45, 7) is 14.6. The van der Waals surface area contributed by atoms with Crippen LogP contribution in [-0.2, 0) is 4.74 Å². The lowest BCUT2D eigenvalue weighted by Crippen LogP contribution is -2.30. The van der Waals surface area contributed by atoms with Crippen molar-refractivity contribution in [2.75, 3.05) is 33.4 Å². The van der Waals surface area contributed by atoms with Crippen molar-refractivity contribution in [2.45, 2.75) is 41.0 Å². The Bertz CT molecular complexity index is 242. The van der Waals surface area contributed by atoms with Crippen molar-refractivity contribution in [3.63, 3.8) is 0 Å². The normalized spacial score (nSPS) is 11.8. The Hall–Kier alpha value is -0.520. The fourth-order valence-electron chi connectivity index (χ4n) is 1.69. The zero-order valence-corrected chi connectivity index (χ0v) is 12.5. The molecular formula is C15H29NO. The Labute approximate surface area is 108 Å². The van der Waals surface area contributed by atoms with Crippen LogP contribution in [0.15, 0.2) is 0 Å². The van der Waals surface area contributed by atoms with Gasteiger partial charge in [-0.1, -0.05) is 46.5 Å². The van der Waals surface area contributed by atoms with Gasteiger partial charge in [0.2, 0.25) is 0 Å². The molecule has 0 aliphatic rings. The van der Waals surface area contributed by atoms with Crippen LogP contribution in [0.1, 0.15) is 41.0 Å². The first-order chi connectivity index (χ1) is 7.81. The molecule has 0 N–H and O–H groups in total. The summed E-state index contributed by atoms with van der Waals surface area (Å²) in [6, 6.07) is 0. The second-order valence-electron chi connectivity index (χ2n) is 6.18. The first-order valence-corrected chi connectivity index (χ1v) is 6.56. The summed E-state index contributed by atoms with van der Waals surface area (Å²) in [4.78, 5) is 2.36. The van der Waals surface area contributed by atoms with E-state index in [1.165, 1.54) is 0 Å². The summed E-state index contributed by atoms with van der Waals surface area (Å²) in [5, 5.41) is 0. The quantitative estimate of drug-likeness (QED) is 0.522. The second kappa shape index (κ2) is 8.55. The molecule has 0 radical (unpaired) electrons. The smallest absolute Gasteiger partial charge is 0.107 e. The summed E-state index contributed by atoms with van der Waals surface area (Å²) in [5.74, 6) is 6.56. The Morgan fingerprint density at radius 1 is 1.24 bits per heavy atom. The molecule has 0 aliphatic carbocycles. The molecule has 17 heavy (non-hydrogen) atoms. The Morgan fingerprint density at radius 3 is 2.41 bits per heavy atom. The molecule has 0 amide bonds. The molecule has 0 spiro atoms. The van der Waals surface area contributed by atoms with Gasteiger partial charge in [-0.3, -0.25) is 0 Å². The van der Waals surface area contributed by atoms with Crippen LogP contribution >= 0.6 is 0 Å². The van der Waals surface area contributed by atoms with Crippen LogP contribution in [0.3, 0.4) is 0 Å². The van der Waals surface area contributed by atoms with Crippen molar-refractivity contribution in [2.24, 2.45) is 11.3 Å². The summed E-state index contributed by atoms with van der Waals surface area (Å²) in [7, 11) is 2.17. The third-order valence-corrected chi connectivity index (χ3v) is 2.14. The average molecular weight is 239 g/mol. The monoisotopic (exact) mass is 239 g/mol. The van der Waals surface area contributed by atoms with E-state index >= 15 is 0 Å². The molecule has 0 unspecified atom stereocenters. The van der Waals surface area contributed by atoms with Crippen LogP contribution < -0.4 is 0 Å². The van der Waals surface area contributed by atoms with E-state index in [4.69, 9.17) is 4.74 Å². The third-order valence-electron chi connectivity index (χ3n) is 2.14. The molecule has 0 aromatic heterocycles. The zero-order chi connectivity index (χ0) is 13.3. The van der Waals surface area contributed by atoms with Gasteiger partial charge in [0.25, 0.3) is 0 Å². The van der Waals surface area contributed by atoms with Gasteiger partial charge in [0.05, 0.1) is 0 Å². The van der Waals surface area contributed by atoms with Gasteiger partial charge in [0.1, 0.15) is 6.61 Å². The molecule has 0 bridgehead atoms. The lowest BCUT2D eigenvalue weighted by atomic mass is 9.96. The van der Waals surface area contributed by atoms with Crippen LogP contribution in [0, 0.1) is 23.2 Å². The molecule has 0 atom stereocenters. The second-order valence-corrected chi connectivity index (χ2v) is 6.18. The Balaban J connectivity index is 3.44. The maximum atomic E-state index is 5.46. The Morgan fingerprint density at radius 2 is 1.88 bits per heavy atom. The minimum Gasteiger partial charge on any atom is -0.369 e. The van der Waals surface area contributed by atoms with E-state index in [1.807, 2.05) is 0 Å². The number of hydrogen-bond acceptors (Lipinski definition) is 2. The van der Waals surface area contributed by atoms with Crippen LogP contribution in [0.2, 0.25) is 0 Å². The number of hydrogen-bond donors (Lipinski definition) is 0. The standard InChI is InChI=1S/C15H29NO/c1-14(2)9-7-11-17-12-8-10-16(6)13-15(3,4)5/h14H,8,10-13H2,1-6H3. The van der Waals surface area contributed by atoms with Crippen LogP contribution in [0.5, 0.6) is 0 Å². The molecule has 0 aromatic rings. The third kappa shape index (κ3) is 13.4. The van der Waals surface area contributed by atoms with Gasteiger partial charge in [0, 0.05) is 25.6 Å². The van der Waals surface area contributed by atoms with Crippen molar-refractivity contribution < 1.29 is 4.74 Å². The molecule has 0 rings (SSSR count). The number of rotatable bonds is 6. The highest BCUT2D eigenvalue weighted by Crippen LogP contribution is 2.13. The first-order valence-electron chi connectivity index (χ1n) is 6.56. The molecule has 2 heteroatoms. The molecule has 2 nitrogen and oxygen atoms in total. The predicted molar refractivity (Wildman–Crippen MR) is 75.0 cm³/mol. The van der Waals surface area contributed by atoms with Gasteiger partial charge in [-0.15, -0.1) is 0 Å². The van der Waals surface area contributed by atoms with Gasteiger partial charge >= 0.3 is 0 Å². The van der Waals surface area contributed by atoms with Gasteiger partial charge in [0.15, 0.2) is 0 Å². The molecular weight excluding hydrogens is 210 g/mol. The SMILES string of the molecule is CC(C)C#CCOCCCN(C)CC(C)(C)C. The van der Waals surface area contributed by atoms with Gasteiger partial charge in [-0.05, 0) is 18.9 Å². The van der Waals surface area contributed by atoms with E-state index in [-0.39, 0.29) is 0 Å². The molecule has 0 heterocycles. The van der Waals surface area contributed by atoms with Crippen molar-refractivity contribution >= 4 is 0 Å². The van der Waals surface area contributed by atoms with Crippen molar-refractivity contribution in [1.29, 1.82) is 0 Å². The Kier molecular flexibility index (Phi) is 8.29. The molecule has 100 valence electrons. The summed E-state index contributed by atoms with van der Waals surface area (Å²) in [6.07, 6.45) is 1.08. The van der Waals surface area contributed by atoms with E-state index < -0.39 is 0 Å². The number of nitrogens with zero attached hydrogens (tertiary/aromatic N) is 1. The van der Waals surface area contributed by atoms with Crippen LogP contribution in [0.25, 0.3) is 0 Å². The number of ether oxygens (including phenoxy) is 1. The topological polar surface area (TPSA) is 12.5 Å². The van der Waals surface area contributed by atoms with Gasteiger partial charge in [-0.2, -0.15) is 0 Å².